The van der Waals surface area contributed by atoms with Crippen molar-refractivity contribution in [1.82, 2.24) is 9.88 Å². The van der Waals surface area contributed by atoms with Crippen LogP contribution < -0.4 is 4.90 Å². The summed E-state index contributed by atoms with van der Waals surface area (Å²) < 4.78 is 11.6. The van der Waals surface area contributed by atoms with Crippen molar-refractivity contribution in [3.63, 3.8) is 0 Å². The van der Waals surface area contributed by atoms with Crippen LogP contribution in [-0.2, 0) is 9.47 Å². The van der Waals surface area contributed by atoms with Crippen LogP contribution in [0.3, 0.4) is 0 Å². The van der Waals surface area contributed by atoms with Gasteiger partial charge in [0.05, 0.1) is 12.2 Å². The molecule has 0 unspecified atom stereocenters. The van der Waals surface area contributed by atoms with Crippen LogP contribution >= 0.6 is 11.6 Å². The van der Waals surface area contributed by atoms with Gasteiger partial charge in [-0.15, -0.1) is 0 Å². The Labute approximate surface area is 154 Å². The molecule has 6 nitrogen and oxygen atoms in total. The highest BCUT2D eigenvalue weighted by molar-refractivity contribution is 6.29. The van der Waals surface area contributed by atoms with E-state index in [-0.39, 0.29) is 11.7 Å². The van der Waals surface area contributed by atoms with Gasteiger partial charge in [-0.3, -0.25) is 0 Å². The van der Waals surface area contributed by atoms with Gasteiger partial charge in [-0.1, -0.05) is 11.6 Å². The third-order valence-electron chi connectivity index (χ3n) is 4.65. The summed E-state index contributed by atoms with van der Waals surface area (Å²) in [6.07, 6.45) is 3.10. The first-order valence-electron chi connectivity index (χ1n) is 8.75. The highest BCUT2D eigenvalue weighted by Gasteiger charge is 2.41. The van der Waals surface area contributed by atoms with Crippen LogP contribution in [-0.4, -0.2) is 60.0 Å². The second-order valence-electron chi connectivity index (χ2n) is 7.76. The SMILES string of the molecule is CC(C)(C)OC(=O)N1CCC2(CC1)CN(c1ccnc(Cl)c1)CCO2. The normalized spacial score (nSPS) is 20.6. The fraction of sp³-hybridized carbons (Fsp3) is 0.667. The van der Waals surface area contributed by atoms with Gasteiger partial charge in [0, 0.05) is 38.1 Å². The van der Waals surface area contributed by atoms with E-state index in [9.17, 15) is 4.79 Å². The van der Waals surface area contributed by atoms with E-state index in [2.05, 4.69) is 9.88 Å². The van der Waals surface area contributed by atoms with E-state index in [1.165, 1.54) is 0 Å². The van der Waals surface area contributed by atoms with E-state index < -0.39 is 5.60 Å². The molecule has 0 aliphatic carbocycles. The Morgan fingerprint density at radius 3 is 2.68 bits per heavy atom. The van der Waals surface area contributed by atoms with Gasteiger partial charge < -0.3 is 19.3 Å². The number of halogens is 1. The first kappa shape index (κ1) is 18.3. The molecule has 25 heavy (non-hydrogen) atoms. The molecule has 0 atom stereocenters. The van der Waals surface area contributed by atoms with E-state index in [4.69, 9.17) is 21.1 Å². The van der Waals surface area contributed by atoms with Crippen molar-refractivity contribution in [2.45, 2.75) is 44.8 Å². The van der Waals surface area contributed by atoms with Gasteiger partial charge >= 0.3 is 6.09 Å². The number of hydrogen-bond donors (Lipinski definition) is 0. The Morgan fingerprint density at radius 1 is 1.32 bits per heavy atom. The number of pyridine rings is 1. The lowest BCUT2D eigenvalue weighted by Gasteiger charge is -2.47. The fourth-order valence-electron chi connectivity index (χ4n) is 3.38. The van der Waals surface area contributed by atoms with Crippen molar-refractivity contribution in [3.05, 3.63) is 23.5 Å². The summed E-state index contributed by atoms with van der Waals surface area (Å²) >= 11 is 6.02. The maximum Gasteiger partial charge on any atom is 0.410 e. The Kier molecular flexibility index (Phi) is 5.11. The monoisotopic (exact) mass is 367 g/mol. The average Bonchev–Trinajstić information content (AvgIpc) is 2.54. The summed E-state index contributed by atoms with van der Waals surface area (Å²) in [5.41, 5.74) is 0.384. The highest BCUT2D eigenvalue weighted by Crippen LogP contribution is 2.33. The number of carbonyl (C=O) groups excluding carboxylic acids is 1. The Morgan fingerprint density at radius 2 is 2.04 bits per heavy atom. The standard InChI is InChI=1S/C18H26ClN3O3/c1-17(2,3)25-16(23)21-8-5-18(6-9-21)13-22(10-11-24-18)14-4-7-20-15(19)12-14/h4,7,12H,5-6,8-11,13H2,1-3H3. The first-order valence-corrected chi connectivity index (χ1v) is 9.13. The summed E-state index contributed by atoms with van der Waals surface area (Å²) in [5, 5.41) is 0.498. The molecule has 3 rings (SSSR count). The predicted octanol–water partition coefficient (Wildman–Crippen LogP) is 3.34. The van der Waals surface area contributed by atoms with Crippen LogP contribution in [0.2, 0.25) is 5.15 Å². The molecule has 1 amide bonds. The second-order valence-corrected chi connectivity index (χ2v) is 8.14. The number of amides is 1. The van der Waals surface area contributed by atoms with Crippen molar-refractivity contribution in [3.8, 4) is 0 Å². The lowest BCUT2D eigenvalue weighted by atomic mass is 9.89. The fourth-order valence-corrected chi connectivity index (χ4v) is 3.55. The lowest BCUT2D eigenvalue weighted by Crippen LogP contribution is -2.58. The maximum atomic E-state index is 12.2. The Hall–Kier alpha value is -1.53. The number of ether oxygens (including phenoxy) is 2. The lowest BCUT2D eigenvalue weighted by molar-refractivity contribution is -0.0912. The minimum atomic E-state index is -0.467. The average molecular weight is 368 g/mol. The molecule has 1 aromatic heterocycles. The van der Waals surface area contributed by atoms with E-state index >= 15 is 0 Å². The number of carbonyl (C=O) groups is 1. The van der Waals surface area contributed by atoms with E-state index in [0.29, 0.717) is 24.8 Å². The van der Waals surface area contributed by atoms with Crippen molar-refractivity contribution in [2.75, 3.05) is 37.7 Å². The summed E-state index contributed by atoms with van der Waals surface area (Å²) in [5.74, 6) is 0. The van der Waals surface area contributed by atoms with Crippen molar-refractivity contribution in [1.29, 1.82) is 0 Å². The van der Waals surface area contributed by atoms with Crippen molar-refractivity contribution < 1.29 is 14.3 Å². The molecule has 2 saturated heterocycles. The van der Waals surface area contributed by atoms with E-state index in [0.717, 1.165) is 31.6 Å². The Balaban J connectivity index is 1.61. The summed E-state index contributed by atoms with van der Waals surface area (Å²) in [7, 11) is 0. The molecule has 0 aromatic carbocycles. The van der Waals surface area contributed by atoms with Gasteiger partial charge in [-0.05, 0) is 45.7 Å². The topological polar surface area (TPSA) is 54.9 Å². The third-order valence-corrected chi connectivity index (χ3v) is 4.86. The molecule has 3 heterocycles. The van der Waals surface area contributed by atoms with Gasteiger partial charge in [0.2, 0.25) is 0 Å². The van der Waals surface area contributed by atoms with Gasteiger partial charge in [0.25, 0.3) is 0 Å². The Bertz CT molecular complexity index is 624. The summed E-state index contributed by atoms with van der Waals surface area (Å²) in [6.45, 7) is 9.27. The number of piperidine rings is 1. The zero-order valence-electron chi connectivity index (χ0n) is 15.1. The van der Waals surface area contributed by atoms with Gasteiger partial charge in [-0.2, -0.15) is 0 Å². The number of likely N-dealkylation sites (tertiary alicyclic amines) is 1. The third kappa shape index (κ3) is 4.55. The number of anilines is 1. The molecule has 2 aliphatic heterocycles. The van der Waals surface area contributed by atoms with Crippen LogP contribution in [0, 0.1) is 0 Å². The molecule has 1 spiro atoms. The molecule has 1 aromatic rings. The molecular formula is C18H26ClN3O3. The zero-order chi connectivity index (χ0) is 18.1. The molecule has 0 N–H and O–H groups in total. The predicted molar refractivity (Wildman–Crippen MR) is 97.2 cm³/mol. The molecule has 0 bridgehead atoms. The maximum absolute atomic E-state index is 12.2. The number of aromatic nitrogens is 1. The number of nitrogens with zero attached hydrogens (tertiary/aromatic N) is 3. The molecular weight excluding hydrogens is 342 g/mol. The quantitative estimate of drug-likeness (QED) is 0.712. The number of rotatable bonds is 1. The van der Waals surface area contributed by atoms with Crippen LogP contribution in [0.4, 0.5) is 10.5 Å². The van der Waals surface area contributed by atoms with E-state index in [1.807, 2.05) is 32.9 Å². The van der Waals surface area contributed by atoms with Gasteiger partial charge in [0.15, 0.2) is 0 Å². The highest BCUT2D eigenvalue weighted by atomic mass is 35.5. The zero-order valence-corrected chi connectivity index (χ0v) is 15.9. The van der Waals surface area contributed by atoms with Gasteiger partial charge in [0.1, 0.15) is 10.8 Å². The molecule has 2 fully saturated rings. The van der Waals surface area contributed by atoms with Crippen LogP contribution in [0.15, 0.2) is 18.3 Å². The summed E-state index contributed by atoms with van der Waals surface area (Å²) in [6, 6.07) is 3.86. The van der Waals surface area contributed by atoms with Crippen molar-refractivity contribution >= 4 is 23.4 Å². The minimum absolute atomic E-state index is 0.216. The first-order chi connectivity index (χ1) is 11.8. The van der Waals surface area contributed by atoms with Crippen molar-refractivity contribution in [2.24, 2.45) is 0 Å². The smallest absolute Gasteiger partial charge is 0.410 e. The van der Waals surface area contributed by atoms with Crippen LogP contribution in [0.25, 0.3) is 0 Å². The van der Waals surface area contributed by atoms with Gasteiger partial charge in [-0.25, -0.2) is 9.78 Å². The number of hydrogen-bond acceptors (Lipinski definition) is 5. The molecule has 0 radical (unpaired) electrons. The van der Waals surface area contributed by atoms with Crippen LogP contribution in [0.1, 0.15) is 33.6 Å². The molecule has 138 valence electrons. The van der Waals surface area contributed by atoms with E-state index in [1.54, 1.807) is 11.1 Å². The molecule has 0 saturated carbocycles. The largest absolute Gasteiger partial charge is 0.444 e. The molecule has 7 heteroatoms. The van der Waals surface area contributed by atoms with Crippen LogP contribution in [0.5, 0.6) is 0 Å². The summed E-state index contributed by atoms with van der Waals surface area (Å²) in [4.78, 5) is 20.4. The minimum Gasteiger partial charge on any atom is -0.444 e. The number of morpholine rings is 1. The second kappa shape index (κ2) is 7.00. The molecule has 2 aliphatic rings.